The molecule has 0 radical (unpaired) electrons. The largest absolute Gasteiger partial charge is 0.328 e. The molecule has 1 atom stereocenters. The average Bonchev–Trinajstić information content (AvgIpc) is 2.93. The minimum Gasteiger partial charge on any atom is -0.310 e. The molecule has 76 valence electrons. The monoisotopic (exact) mass is 196 g/mol. The van der Waals surface area contributed by atoms with Crippen molar-refractivity contribution in [3.8, 4) is 0 Å². The van der Waals surface area contributed by atoms with Crippen molar-refractivity contribution in [2.45, 2.75) is 31.8 Å². The van der Waals surface area contributed by atoms with E-state index in [1.165, 1.54) is 0 Å². The molecule has 0 N–H and O–H groups in total. The second-order valence-corrected chi connectivity index (χ2v) is 3.71. The molecular weight excluding hydrogens is 184 g/mol. The zero-order chi connectivity index (χ0) is 10.3. The Kier molecular flexibility index (Phi) is 2.02. The van der Waals surface area contributed by atoms with E-state index in [9.17, 15) is 14.4 Å². The predicted molar refractivity (Wildman–Crippen MR) is 47.5 cm³/mol. The number of rotatable bonds is 3. The van der Waals surface area contributed by atoms with Crippen LogP contribution in [0.15, 0.2) is 0 Å². The van der Waals surface area contributed by atoms with Crippen LogP contribution in [0, 0.1) is 0 Å². The van der Waals surface area contributed by atoms with Gasteiger partial charge in [-0.05, 0) is 19.8 Å². The Hall–Kier alpha value is -1.39. The highest BCUT2D eigenvalue weighted by Gasteiger charge is 2.48. The third-order valence-electron chi connectivity index (χ3n) is 2.69. The van der Waals surface area contributed by atoms with Gasteiger partial charge >= 0.3 is 6.03 Å². The SMILES string of the molecule is CC1C(=O)N(CC=O)C(=O)N1C1CC1. The minimum atomic E-state index is -0.394. The van der Waals surface area contributed by atoms with Crippen molar-refractivity contribution in [2.75, 3.05) is 6.54 Å². The number of amides is 3. The number of hydrogen-bond acceptors (Lipinski definition) is 3. The smallest absolute Gasteiger partial charge is 0.310 e. The van der Waals surface area contributed by atoms with Crippen LogP contribution in [0.1, 0.15) is 19.8 Å². The molecule has 1 aliphatic carbocycles. The van der Waals surface area contributed by atoms with Gasteiger partial charge in [0, 0.05) is 6.04 Å². The molecule has 2 aliphatic rings. The highest BCUT2D eigenvalue weighted by atomic mass is 16.2. The first-order valence-electron chi connectivity index (χ1n) is 4.74. The summed E-state index contributed by atoms with van der Waals surface area (Å²) in [6.45, 7) is 1.59. The lowest BCUT2D eigenvalue weighted by atomic mass is 10.3. The normalized spacial score (nSPS) is 27.4. The van der Waals surface area contributed by atoms with Crippen LogP contribution in [0.25, 0.3) is 0 Å². The summed E-state index contributed by atoms with van der Waals surface area (Å²) in [6, 6.07) is -0.481. The summed E-state index contributed by atoms with van der Waals surface area (Å²) in [6.07, 6.45) is 2.52. The van der Waals surface area contributed by atoms with E-state index < -0.39 is 6.04 Å². The van der Waals surface area contributed by atoms with Crippen molar-refractivity contribution in [3.05, 3.63) is 0 Å². The van der Waals surface area contributed by atoms with E-state index in [2.05, 4.69) is 0 Å². The molecule has 1 saturated carbocycles. The van der Waals surface area contributed by atoms with Gasteiger partial charge in [-0.2, -0.15) is 0 Å². The summed E-state index contributed by atoms with van der Waals surface area (Å²) in [4.78, 5) is 36.1. The molecule has 0 bridgehead atoms. The van der Waals surface area contributed by atoms with Crippen LogP contribution in [0.2, 0.25) is 0 Å². The molecule has 3 amide bonds. The van der Waals surface area contributed by atoms with Crippen LogP contribution >= 0.6 is 0 Å². The molecule has 5 heteroatoms. The fraction of sp³-hybridized carbons (Fsp3) is 0.667. The number of carbonyl (C=O) groups excluding carboxylic acids is 3. The molecule has 1 heterocycles. The first-order chi connectivity index (χ1) is 6.66. The van der Waals surface area contributed by atoms with Crippen molar-refractivity contribution >= 4 is 18.2 Å². The Morgan fingerprint density at radius 3 is 2.57 bits per heavy atom. The van der Waals surface area contributed by atoms with Gasteiger partial charge in [0.1, 0.15) is 12.3 Å². The van der Waals surface area contributed by atoms with E-state index in [-0.39, 0.29) is 24.5 Å². The van der Waals surface area contributed by atoms with Gasteiger partial charge in [0.25, 0.3) is 5.91 Å². The molecule has 5 nitrogen and oxygen atoms in total. The summed E-state index contributed by atoms with van der Waals surface area (Å²) in [5.41, 5.74) is 0. The van der Waals surface area contributed by atoms with Gasteiger partial charge in [0.05, 0.1) is 6.54 Å². The lowest BCUT2D eigenvalue weighted by Crippen LogP contribution is -2.36. The van der Waals surface area contributed by atoms with Crippen LogP contribution in [0.5, 0.6) is 0 Å². The van der Waals surface area contributed by atoms with Crippen molar-refractivity contribution in [3.63, 3.8) is 0 Å². The summed E-state index contributed by atoms with van der Waals surface area (Å²) in [7, 11) is 0. The number of imide groups is 1. The van der Waals surface area contributed by atoms with Gasteiger partial charge in [-0.25, -0.2) is 4.79 Å². The van der Waals surface area contributed by atoms with Crippen LogP contribution in [-0.2, 0) is 9.59 Å². The van der Waals surface area contributed by atoms with Crippen molar-refractivity contribution in [1.82, 2.24) is 9.80 Å². The second-order valence-electron chi connectivity index (χ2n) is 3.71. The summed E-state index contributed by atoms with van der Waals surface area (Å²) >= 11 is 0. The molecule has 1 unspecified atom stereocenters. The molecule has 2 fully saturated rings. The Balaban J connectivity index is 2.18. The van der Waals surface area contributed by atoms with Gasteiger partial charge in [0.15, 0.2) is 0 Å². The lowest BCUT2D eigenvalue weighted by molar-refractivity contribution is -0.129. The van der Waals surface area contributed by atoms with Crippen LogP contribution < -0.4 is 0 Å². The maximum absolute atomic E-state index is 11.7. The molecule has 0 aromatic rings. The maximum Gasteiger partial charge on any atom is 0.328 e. The summed E-state index contributed by atoms with van der Waals surface area (Å²) in [5.74, 6) is -0.256. The standard InChI is InChI=1S/C9H12N2O3/c1-6-8(13)10(4-5-12)9(14)11(6)7-2-3-7/h5-7H,2-4H2,1H3. The first kappa shape index (κ1) is 9.18. The number of nitrogens with zero attached hydrogens (tertiary/aromatic N) is 2. The molecular formula is C9H12N2O3. The van der Waals surface area contributed by atoms with Gasteiger partial charge in [-0.3, -0.25) is 9.69 Å². The molecule has 2 rings (SSSR count). The fourth-order valence-corrected chi connectivity index (χ4v) is 1.81. The van der Waals surface area contributed by atoms with Crippen molar-refractivity contribution < 1.29 is 14.4 Å². The highest BCUT2D eigenvalue weighted by molar-refractivity contribution is 6.05. The zero-order valence-electron chi connectivity index (χ0n) is 7.97. The van der Waals surface area contributed by atoms with Crippen LogP contribution in [0.3, 0.4) is 0 Å². The van der Waals surface area contributed by atoms with E-state index in [0.29, 0.717) is 6.29 Å². The quantitative estimate of drug-likeness (QED) is 0.471. The lowest BCUT2D eigenvalue weighted by Gasteiger charge is -2.17. The van der Waals surface area contributed by atoms with Crippen molar-refractivity contribution in [1.29, 1.82) is 0 Å². The summed E-state index contributed by atoms with van der Waals surface area (Å²) < 4.78 is 0. The number of aldehydes is 1. The molecule has 0 aromatic heterocycles. The zero-order valence-corrected chi connectivity index (χ0v) is 7.97. The van der Waals surface area contributed by atoms with E-state index >= 15 is 0 Å². The Labute approximate surface area is 81.7 Å². The molecule has 1 saturated heterocycles. The first-order valence-corrected chi connectivity index (χ1v) is 4.74. The van der Waals surface area contributed by atoms with Gasteiger partial charge in [-0.1, -0.05) is 0 Å². The van der Waals surface area contributed by atoms with E-state index in [1.807, 2.05) is 0 Å². The third-order valence-corrected chi connectivity index (χ3v) is 2.69. The predicted octanol–water partition coefficient (Wildman–Crippen LogP) is 0.000400. The van der Waals surface area contributed by atoms with Crippen LogP contribution in [-0.4, -0.2) is 46.7 Å². The van der Waals surface area contributed by atoms with E-state index in [0.717, 1.165) is 17.7 Å². The highest BCUT2D eigenvalue weighted by Crippen LogP contribution is 2.33. The molecule has 1 aliphatic heterocycles. The van der Waals surface area contributed by atoms with E-state index in [4.69, 9.17) is 0 Å². The average molecular weight is 196 g/mol. The Morgan fingerprint density at radius 1 is 1.43 bits per heavy atom. The third kappa shape index (κ3) is 1.20. The van der Waals surface area contributed by atoms with Crippen molar-refractivity contribution in [2.24, 2.45) is 0 Å². The molecule has 0 aromatic carbocycles. The maximum atomic E-state index is 11.7. The Morgan fingerprint density at radius 2 is 2.07 bits per heavy atom. The molecule has 0 spiro atoms. The molecule has 14 heavy (non-hydrogen) atoms. The fourth-order valence-electron chi connectivity index (χ4n) is 1.81. The van der Waals surface area contributed by atoms with Gasteiger partial charge in [-0.15, -0.1) is 0 Å². The number of carbonyl (C=O) groups is 3. The summed E-state index contributed by atoms with van der Waals surface area (Å²) in [5, 5.41) is 0. The van der Waals surface area contributed by atoms with Gasteiger partial charge < -0.3 is 9.69 Å². The Bertz CT molecular complexity index is 298. The number of hydrogen-bond donors (Lipinski definition) is 0. The van der Waals surface area contributed by atoms with Crippen LogP contribution in [0.4, 0.5) is 4.79 Å². The second kappa shape index (κ2) is 3.08. The minimum absolute atomic E-state index is 0.120. The van der Waals surface area contributed by atoms with E-state index in [1.54, 1.807) is 11.8 Å². The van der Waals surface area contributed by atoms with Gasteiger partial charge in [0.2, 0.25) is 0 Å². The number of urea groups is 1. The topological polar surface area (TPSA) is 57.7 Å².